The summed E-state index contributed by atoms with van der Waals surface area (Å²) < 4.78 is 5.34. The Morgan fingerprint density at radius 3 is 2.78 bits per heavy atom. The minimum absolute atomic E-state index is 0.199. The van der Waals surface area contributed by atoms with Crippen molar-refractivity contribution in [3.8, 4) is 16.3 Å². The number of hydrogen-bond acceptors (Lipinski definition) is 6. The van der Waals surface area contributed by atoms with Gasteiger partial charge in [-0.2, -0.15) is 0 Å². The third kappa shape index (κ3) is 3.57. The van der Waals surface area contributed by atoms with Crippen molar-refractivity contribution in [1.29, 1.82) is 0 Å². The number of ether oxygens (including phenoxy) is 1. The molecule has 5 nitrogen and oxygen atoms in total. The number of para-hydroxylation sites is 1. The standard InChI is InChI=1S/C16H15N3O2S2/c1-10-8-22-14(18-10)7-17-15(20)12-9-23-16(19-12)11-5-3-4-6-13(11)21-2/h3-6,8-9H,7H2,1-2H3,(H,17,20). The number of nitrogens with zero attached hydrogens (tertiary/aromatic N) is 2. The van der Waals surface area contributed by atoms with Crippen molar-refractivity contribution in [2.24, 2.45) is 0 Å². The summed E-state index contributed by atoms with van der Waals surface area (Å²) in [5, 5.41) is 8.21. The predicted molar refractivity (Wildman–Crippen MR) is 92.1 cm³/mol. The molecular weight excluding hydrogens is 330 g/mol. The molecule has 0 aliphatic rings. The minimum Gasteiger partial charge on any atom is -0.496 e. The first-order valence-corrected chi connectivity index (χ1v) is 8.71. The van der Waals surface area contributed by atoms with Crippen molar-refractivity contribution >= 4 is 28.6 Å². The third-order valence-corrected chi connectivity index (χ3v) is 4.98. The fourth-order valence-corrected chi connectivity index (χ4v) is 3.59. The van der Waals surface area contributed by atoms with E-state index in [1.165, 1.54) is 22.7 Å². The number of thiazole rings is 2. The van der Waals surface area contributed by atoms with Crippen LogP contribution in [0.4, 0.5) is 0 Å². The Bertz CT molecular complexity index is 826. The first kappa shape index (κ1) is 15.6. The van der Waals surface area contributed by atoms with Crippen LogP contribution in [-0.2, 0) is 6.54 Å². The third-order valence-electron chi connectivity index (χ3n) is 3.14. The topological polar surface area (TPSA) is 64.1 Å². The van der Waals surface area contributed by atoms with Gasteiger partial charge in [0, 0.05) is 16.5 Å². The second-order valence-corrected chi connectivity index (χ2v) is 6.60. The molecule has 23 heavy (non-hydrogen) atoms. The van der Waals surface area contributed by atoms with Crippen molar-refractivity contribution in [1.82, 2.24) is 15.3 Å². The number of aromatic nitrogens is 2. The van der Waals surface area contributed by atoms with E-state index in [2.05, 4.69) is 15.3 Å². The Kier molecular flexibility index (Phi) is 4.68. The molecule has 0 aliphatic heterocycles. The SMILES string of the molecule is COc1ccccc1-c1nc(C(=O)NCc2nc(C)cs2)cs1. The van der Waals surface area contributed by atoms with Gasteiger partial charge in [-0.05, 0) is 19.1 Å². The molecule has 3 rings (SSSR count). The van der Waals surface area contributed by atoms with Crippen LogP contribution in [0, 0.1) is 6.92 Å². The van der Waals surface area contributed by atoms with Crippen molar-refractivity contribution in [2.75, 3.05) is 7.11 Å². The maximum Gasteiger partial charge on any atom is 0.271 e. The molecule has 0 aliphatic carbocycles. The molecule has 0 saturated heterocycles. The van der Waals surface area contributed by atoms with Crippen LogP contribution in [-0.4, -0.2) is 23.0 Å². The highest BCUT2D eigenvalue weighted by molar-refractivity contribution is 7.13. The van der Waals surface area contributed by atoms with Gasteiger partial charge in [0.25, 0.3) is 5.91 Å². The van der Waals surface area contributed by atoms with Gasteiger partial charge in [0.1, 0.15) is 21.5 Å². The predicted octanol–water partition coefficient (Wildman–Crippen LogP) is 3.51. The van der Waals surface area contributed by atoms with Crippen LogP contribution in [0.1, 0.15) is 21.2 Å². The van der Waals surface area contributed by atoms with E-state index >= 15 is 0 Å². The van der Waals surface area contributed by atoms with Crippen LogP contribution in [0.3, 0.4) is 0 Å². The lowest BCUT2D eigenvalue weighted by molar-refractivity contribution is 0.0946. The minimum atomic E-state index is -0.199. The summed E-state index contributed by atoms with van der Waals surface area (Å²) in [7, 11) is 1.62. The second-order valence-electron chi connectivity index (χ2n) is 4.80. The van der Waals surface area contributed by atoms with Crippen LogP contribution in [0.25, 0.3) is 10.6 Å². The van der Waals surface area contributed by atoms with E-state index in [9.17, 15) is 4.79 Å². The zero-order valence-electron chi connectivity index (χ0n) is 12.7. The molecule has 1 aromatic carbocycles. The number of aryl methyl sites for hydroxylation is 1. The fourth-order valence-electron chi connectivity index (χ4n) is 2.05. The first-order chi connectivity index (χ1) is 11.2. The highest BCUT2D eigenvalue weighted by Crippen LogP contribution is 2.31. The Morgan fingerprint density at radius 1 is 1.22 bits per heavy atom. The highest BCUT2D eigenvalue weighted by Gasteiger charge is 2.14. The van der Waals surface area contributed by atoms with Gasteiger partial charge >= 0.3 is 0 Å². The summed E-state index contributed by atoms with van der Waals surface area (Å²) in [6, 6.07) is 7.63. The molecule has 3 aromatic rings. The molecule has 0 spiro atoms. The smallest absolute Gasteiger partial charge is 0.271 e. The van der Waals surface area contributed by atoms with Crippen molar-refractivity contribution in [3.05, 3.63) is 51.4 Å². The zero-order chi connectivity index (χ0) is 16.2. The lowest BCUT2D eigenvalue weighted by atomic mass is 10.2. The van der Waals surface area contributed by atoms with E-state index in [4.69, 9.17) is 4.74 Å². The average molecular weight is 345 g/mol. The number of hydrogen-bond donors (Lipinski definition) is 1. The van der Waals surface area contributed by atoms with Crippen LogP contribution in [0.15, 0.2) is 35.0 Å². The maximum absolute atomic E-state index is 12.2. The molecule has 0 saturated carbocycles. The molecule has 0 unspecified atom stereocenters. The summed E-state index contributed by atoms with van der Waals surface area (Å²) >= 11 is 2.95. The monoisotopic (exact) mass is 345 g/mol. The van der Waals surface area contributed by atoms with E-state index in [0.717, 1.165) is 27.0 Å². The van der Waals surface area contributed by atoms with Crippen molar-refractivity contribution < 1.29 is 9.53 Å². The Balaban J connectivity index is 1.72. The molecule has 1 amide bonds. The lowest BCUT2D eigenvalue weighted by Gasteiger charge is -2.04. The molecule has 118 valence electrons. The second kappa shape index (κ2) is 6.89. The van der Waals surface area contributed by atoms with E-state index in [0.29, 0.717) is 12.2 Å². The molecule has 1 N–H and O–H groups in total. The summed E-state index contributed by atoms with van der Waals surface area (Å²) in [6.07, 6.45) is 0. The fraction of sp³-hybridized carbons (Fsp3) is 0.188. The Hall–Kier alpha value is -2.25. The van der Waals surface area contributed by atoms with Crippen molar-refractivity contribution in [3.63, 3.8) is 0 Å². The number of benzene rings is 1. The van der Waals surface area contributed by atoms with E-state index in [1.807, 2.05) is 36.6 Å². The average Bonchev–Trinajstić information content (AvgIpc) is 3.21. The number of nitrogens with one attached hydrogen (secondary N) is 1. The van der Waals surface area contributed by atoms with E-state index in [-0.39, 0.29) is 5.91 Å². The number of amides is 1. The Labute approximate surface area is 142 Å². The van der Waals surface area contributed by atoms with Gasteiger partial charge in [-0.25, -0.2) is 9.97 Å². The normalized spacial score (nSPS) is 10.5. The summed E-state index contributed by atoms with van der Waals surface area (Å²) in [5.74, 6) is 0.544. The highest BCUT2D eigenvalue weighted by atomic mass is 32.1. The molecule has 0 bridgehead atoms. The number of carbonyl (C=O) groups is 1. The van der Waals surface area contributed by atoms with Crippen LogP contribution >= 0.6 is 22.7 Å². The van der Waals surface area contributed by atoms with Crippen LogP contribution < -0.4 is 10.1 Å². The number of carbonyl (C=O) groups excluding carboxylic acids is 1. The van der Waals surface area contributed by atoms with E-state index < -0.39 is 0 Å². The number of rotatable bonds is 5. The molecule has 7 heteroatoms. The quantitative estimate of drug-likeness (QED) is 0.768. The summed E-state index contributed by atoms with van der Waals surface area (Å²) in [5.41, 5.74) is 2.25. The molecule has 2 heterocycles. The first-order valence-electron chi connectivity index (χ1n) is 6.95. The lowest BCUT2D eigenvalue weighted by Crippen LogP contribution is -2.23. The van der Waals surface area contributed by atoms with Gasteiger partial charge in [0.15, 0.2) is 0 Å². The summed E-state index contributed by atoms with van der Waals surface area (Å²) in [6.45, 7) is 2.35. The summed E-state index contributed by atoms with van der Waals surface area (Å²) in [4.78, 5) is 20.9. The maximum atomic E-state index is 12.2. The van der Waals surface area contributed by atoms with Gasteiger partial charge in [0.2, 0.25) is 0 Å². The molecule has 0 radical (unpaired) electrons. The molecule has 0 fully saturated rings. The Morgan fingerprint density at radius 2 is 2.04 bits per heavy atom. The van der Waals surface area contributed by atoms with Crippen LogP contribution in [0.2, 0.25) is 0 Å². The van der Waals surface area contributed by atoms with E-state index in [1.54, 1.807) is 12.5 Å². The van der Waals surface area contributed by atoms with Gasteiger partial charge < -0.3 is 10.1 Å². The molecule has 0 atom stereocenters. The molecule has 2 aromatic heterocycles. The zero-order valence-corrected chi connectivity index (χ0v) is 14.3. The molecular formula is C16H15N3O2S2. The van der Waals surface area contributed by atoms with Gasteiger partial charge in [-0.3, -0.25) is 4.79 Å². The van der Waals surface area contributed by atoms with Gasteiger partial charge in [0.05, 0.1) is 19.2 Å². The van der Waals surface area contributed by atoms with Crippen LogP contribution in [0.5, 0.6) is 5.75 Å². The number of methoxy groups -OCH3 is 1. The van der Waals surface area contributed by atoms with Gasteiger partial charge in [-0.15, -0.1) is 22.7 Å². The van der Waals surface area contributed by atoms with Crippen molar-refractivity contribution in [2.45, 2.75) is 13.5 Å². The van der Waals surface area contributed by atoms with Gasteiger partial charge in [-0.1, -0.05) is 12.1 Å². The largest absolute Gasteiger partial charge is 0.496 e.